The van der Waals surface area contributed by atoms with Crippen LogP contribution in [-0.4, -0.2) is 26.1 Å². The Balaban J connectivity index is 1.55. The number of hydrogen-bond donors (Lipinski definition) is 2. The van der Waals surface area contributed by atoms with E-state index in [1.54, 1.807) is 19.2 Å². The lowest BCUT2D eigenvalue weighted by atomic mass is 10.1. The number of hydrogen-bond acceptors (Lipinski definition) is 3. The van der Waals surface area contributed by atoms with E-state index in [1.165, 1.54) is 10.8 Å². The summed E-state index contributed by atoms with van der Waals surface area (Å²) in [4.78, 5) is 12.1. The number of nitrogens with one attached hydrogen (secondary N) is 2. The minimum atomic E-state index is -0.103. The van der Waals surface area contributed by atoms with Gasteiger partial charge in [0.2, 0.25) is 0 Å². The zero-order valence-electron chi connectivity index (χ0n) is 13.6. The summed E-state index contributed by atoms with van der Waals surface area (Å²) < 4.78 is 5.14. The Labute approximate surface area is 141 Å². The first kappa shape index (κ1) is 15.9. The van der Waals surface area contributed by atoms with Crippen LogP contribution in [0.25, 0.3) is 10.8 Å². The van der Waals surface area contributed by atoms with Crippen molar-refractivity contribution in [2.75, 3.05) is 25.5 Å². The van der Waals surface area contributed by atoms with Gasteiger partial charge in [0.1, 0.15) is 5.75 Å². The minimum absolute atomic E-state index is 0.103. The third-order valence-electron chi connectivity index (χ3n) is 3.85. The number of amides is 1. The van der Waals surface area contributed by atoms with Gasteiger partial charge in [-0.1, -0.05) is 42.5 Å². The summed E-state index contributed by atoms with van der Waals surface area (Å²) in [6.07, 6.45) is 0. The van der Waals surface area contributed by atoms with Crippen molar-refractivity contribution in [2.45, 2.75) is 0 Å². The van der Waals surface area contributed by atoms with Crippen molar-refractivity contribution in [2.24, 2.45) is 0 Å². The molecule has 0 aliphatic carbocycles. The molecule has 0 unspecified atom stereocenters. The quantitative estimate of drug-likeness (QED) is 0.681. The number of carbonyl (C=O) groups excluding carboxylic acids is 1. The highest BCUT2D eigenvalue weighted by Crippen LogP contribution is 2.22. The molecule has 0 saturated carbocycles. The predicted molar refractivity (Wildman–Crippen MR) is 97.8 cm³/mol. The van der Waals surface area contributed by atoms with Crippen molar-refractivity contribution in [1.82, 2.24) is 5.32 Å². The van der Waals surface area contributed by atoms with Gasteiger partial charge < -0.3 is 15.4 Å². The molecule has 0 aliphatic rings. The average Bonchev–Trinajstić information content (AvgIpc) is 2.65. The molecule has 0 saturated heterocycles. The Morgan fingerprint density at radius 3 is 2.62 bits per heavy atom. The van der Waals surface area contributed by atoms with E-state index in [2.05, 4.69) is 28.8 Å². The van der Waals surface area contributed by atoms with E-state index in [0.717, 1.165) is 5.69 Å². The van der Waals surface area contributed by atoms with E-state index in [1.807, 2.05) is 36.4 Å². The van der Waals surface area contributed by atoms with Crippen LogP contribution < -0.4 is 15.4 Å². The fraction of sp³-hybridized carbons (Fsp3) is 0.150. The van der Waals surface area contributed by atoms with Crippen molar-refractivity contribution in [3.05, 3.63) is 72.3 Å². The van der Waals surface area contributed by atoms with E-state index in [9.17, 15) is 4.79 Å². The summed E-state index contributed by atoms with van der Waals surface area (Å²) in [5.74, 6) is 0.574. The lowest BCUT2D eigenvalue weighted by molar-refractivity contribution is 0.0955. The average molecular weight is 320 g/mol. The van der Waals surface area contributed by atoms with E-state index < -0.39 is 0 Å². The van der Waals surface area contributed by atoms with Gasteiger partial charge >= 0.3 is 0 Å². The molecule has 0 heterocycles. The minimum Gasteiger partial charge on any atom is -0.497 e. The van der Waals surface area contributed by atoms with Crippen LogP contribution in [-0.2, 0) is 0 Å². The smallest absolute Gasteiger partial charge is 0.251 e. The van der Waals surface area contributed by atoms with Gasteiger partial charge in [0.05, 0.1) is 7.11 Å². The van der Waals surface area contributed by atoms with Crippen LogP contribution in [0.4, 0.5) is 5.69 Å². The fourth-order valence-corrected chi connectivity index (χ4v) is 2.62. The highest BCUT2D eigenvalue weighted by atomic mass is 16.5. The Kier molecular flexibility index (Phi) is 4.96. The number of rotatable bonds is 6. The molecule has 4 nitrogen and oxygen atoms in total. The van der Waals surface area contributed by atoms with Gasteiger partial charge in [0.25, 0.3) is 5.91 Å². The Morgan fingerprint density at radius 1 is 0.958 bits per heavy atom. The van der Waals surface area contributed by atoms with Crippen molar-refractivity contribution in [1.29, 1.82) is 0 Å². The normalized spacial score (nSPS) is 10.4. The van der Waals surface area contributed by atoms with Crippen LogP contribution in [0, 0.1) is 0 Å². The third-order valence-corrected chi connectivity index (χ3v) is 3.85. The lowest BCUT2D eigenvalue weighted by Crippen LogP contribution is -2.28. The summed E-state index contributed by atoms with van der Waals surface area (Å²) in [6.45, 7) is 1.20. The topological polar surface area (TPSA) is 50.4 Å². The number of ether oxygens (including phenoxy) is 1. The van der Waals surface area contributed by atoms with E-state index >= 15 is 0 Å². The molecular weight excluding hydrogens is 300 g/mol. The Bertz CT molecular complexity index is 840. The van der Waals surface area contributed by atoms with E-state index in [0.29, 0.717) is 24.4 Å². The van der Waals surface area contributed by atoms with Crippen LogP contribution in [0.15, 0.2) is 66.7 Å². The number of fused-ring (bicyclic) bond motifs is 1. The second-order valence-electron chi connectivity index (χ2n) is 5.44. The molecule has 0 spiro atoms. The van der Waals surface area contributed by atoms with Gasteiger partial charge in [0.15, 0.2) is 0 Å². The first-order valence-corrected chi connectivity index (χ1v) is 7.92. The highest BCUT2D eigenvalue weighted by Gasteiger charge is 2.06. The maximum atomic E-state index is 12.1. The number of benzene rings is 3. The molecule has 24 heavy (non-hydrogen) atoms. The van der Waals surface area contributed by atoms with Gasteiger partial charge in [-0.05, 0) is 29.7 Å². The summed E-state index contributed by atoms with van der Waals surface area (Å²) in [5.41, 5.74) is 1.67. The zero-order valence-corrected chi connectivity index (χ0v) is 13.6. The lowest BCUT2D eigenvalue weighted by Gasteiger charge is -2.11. The summed E-state index contributed by atoms with van der Waals surface area (Å²) in [7, 11) is 1.59. The molecule has 0 aromatic heterocycles. The van der Waals surface area contributed by atoms with Gasteiger partial charge in [-0.3, -0.25) is 4.79 Å². The van der Waals surface area contributed by atoms with Gasteiger partial charge in [-0.25, -0.2) is 0 Å². The van der Waals surface area contributed by atoms with E-state index in [4.69, 9.17) is 4.74 Å². The molecule has 0 fully saturated rings. The van der Waals surface area contributed by atoms with Crippen molar-refractivity contribution >= 4 is 22.4 Å². The van der Waals surface area contributed by atoms with Gasteiger partial charge in [-0.15, -0.1) is 0 Å². The summed E-state index contributed by atoms with van der Waals surface area (Å²) >= 11 is 0. The van der Waals surface area contributed by atoms with Crippen LogP contribution >= 0.6 is 0 Å². The van der Waals surface area contributed by atoms with Crippen LogP contribution in [0.2, 0.25) is 0 Å². The number of methoxy groups -OCH3 is 1. The Morgan fingerprint density at radius 2 is 1.75 bits per heavy atom. The molecule has 0 radical (unpaired) electrons. The molecule has 3 rings (SSSR count). The molecule has 0 bridgehead atoms. The van der Waals surface area contributed by atoms with Crippen LogP contribution in [0.3, 0.4) is 0 Å². The first-order chi connectivity index (χ1) is 11.8. The van der Waals surface area contributed by atoms with Crippen molar-refractivity contribution in [3.8, 4) is 5.75 Å². The highest BCUT2D eigenvalue weighted by molar-refractivity contribution is 5.95. The summed E-state index contributed by atoms with van der Waals surface area (Å²) in [6, 6.07) is 21.5. The number of carbonyl (C=O) groups is 1. The van der Waals surface area contributed by atoms with Crippen molar-refractivity contribution in [3.63, 3.8) is 0 Å². The third kappa shape index (κ3) is 3.66. The molecular formula is C20H20N2O2. The SMILES string of the molecule is COc1cccc(C(=O)NCCNc2cccc3ccccc23)c1. The molecule has 0 atom stereocenters. The fourth-order valence-electron chi connectivity index (χ4n) is 2.62. The van der Waals surface area contributed by atoms with Crippen LogP contribution in [0.5, 0.6) is 5.75 Å². The van der Waals surface area contributed by atoms with Gasteiger partial charge in [0, 0.05) is 29.7 Å². The molecule has 3 aromatic rings. The molecule has 0 aliphatic heterocycles. The monoisotopic (exact) mass is 320 g/mol. The largest absolute Gasteiger partial charge is 0.497 e. The number of anilines is 1. The summed E-state index contributed by atoms with van der Waals surface area (Å²) in [5, 5.41) is 8.67. The first-order valence-electron chi connectivity index (χ1n) is 7.92. The standard InChI is InChI=1S/C20H20N2O2/c1-24-17-9-4-8-16(14-17)20(23)22-13-12-21-19-11-5-7-15-6-2-3-10-18(15)19/h2-11,14,21H,12-13H2,1H3,(H,22,23). The molecule has 1 amide bonds. The molecule has 2 N–H and O–H groups in total. The van der Waals surface area contributed by atoms with E-state index in [-0.39, 0.29) is 5.91 Å². The maximum absolute atomic E-state index is 12.1. The van der Waals surface area contributed by atoms with Crippen LogP contribution in [0.1, 0.15) is 10.4 Å². The second kappa shape index (κ2) is 7.51. The molecule has 4 heteroatoms. The second-order valence-corrected chi connectivity index (χ2v) is 5.44. The van der Waals surface area contributed by atoms with Crippen molar-refractivity contribution < 1.29 is 9.53 Å². The zero-order chi connectivity index (χ0) is 16.8. The Hall–Kier alpha value is -3.01. The van der Waals surface area contributed by atoms with Gasteiger partial charge in [-0.2, -0.15) is 0 Å². The molecule has 3 aromatic carbocycles. The molecule has 122 valence electrons. The predicted octanol–water partition coefficient (Wildman–Crippen LogP) is 3.69. The maximum Gasteiger partial charge on any atom is 0.251 e.